The van der Waals surface area contributed by atoms with Crippen LogP contribution in [0.3, 0.4) is 0 Å². The van der Waals surface area contributed by atoms with Gasteiger partial charge in [-0.3, -0.25) is 4.79 Å². The van der Waals surface area contributed by atoms with Crippen LogP contribution >= 0.6 is 11.3 Å². The molecule has 4 aromatic rings. The maximum Gasteiger partial charge on any atom is 0.259 e. The number of thiazole rings is 1. The van der Waals surface area contributed by atoms with Crippen LogP contribution in [0.4, 0.5) is 5.69 Å². The molecule has 1 aliphatic rings. The summed E-state index contributed by atoms with van der Waals surface area (Å²) < 4.78 is 12.4. The first-order valence-corrected chi connectivity index (χ1v) is 10.2. The molecule has 0 bridgehead atoms. The SMILES string of the molecule is O=C(Nc1ccc(Cc2nc3ccccc3s2)cc1)c1cccc2c1OCCO2. The van der Waals surface area contributed by atoms with Gasteiger partial charge in [0.1, 0.15) is 13.2 Å². The molecule has 0 unspecified atom stereocenters. The zero-order valence-corrected chi connectivity index (χ0v) is 16.4. The van der Waals surface area contributed by atoms with Crippen LogP contribution in [-0.2, 0) is 6.42 Å². The molecular weight excluding hydrogens is 384 g/mol. The van der Waals surface area contributed by atoms with Crippen molar-refractivity contribution in [2.24, 2.45) is 0 Å². The van der Waals surface area contributed by atoms with Crippen molar-refractivity contribution in [3.63, 3.8) is 0 Å². The molecule has 0 saturated carbocycles. The Morgan fingerprint density at radius 2 is 1.79 bits per heavy atom. The normalized spacial score (nSPS) is 12.7. The monoisotopic (exact) mass is 402 g/mol. The molecule has 144 valence electrons. The summed E-state index contributed by atoms with van der Waals surface area (Å²) in [5, 5.41) is 4.01. The third kappa shape index (κ3) is 3.67. The number of para-hydroxylation sites is 2. The van der Waals surface area contributed by atoms with Gasteiger partial charge >= 0.3 is 0 Å². The Bertz CT molecular complexity index is 1150. The molecule has 1 amide bonds. The number of carbonyl (C=O) groups is 1. The highest BCUT2D eigenvalue weighted by Gasteiger charge is 2.20. The van der Waals surface area contributed by atoms with Gasteiger partial charge in [-0.15, -0.1) is 11.3 Å². The molecule has 5 nitrogen and oxygen atoms in total. The number of nitrogens with one attached hydrogen (secondary N) is 1. The van der Waals surface area contributed by atoms with Crippen molar-refractivity contribution in [2.45, 2.75) is 6.42 Å². The Balaban J connectivity index is 1.30. The Morgan fingerprint density at radius 3 is 2.66 bits per heavy atom. The maximum absolute atomic E-state index is 12.7. The molecule has 1 aliphatic heterocycles. The van der Waals surface area contributed by atoms with Gasteiger partial charge in [0.05, 0.1) is 20.8 Å². The van der Waals surface area contributed by atoms with Crippen LogP contribution in [0.25, 0.3) is 10.2 Å². The van der Waals surface area contributed by atoms with Crippen molar-refractivity contribution in [3.8, 4) is 11.5 Å². The summed E-state index contributed by atoms with van der Waals surface area (Å²) in [5.41, 5.74) is 3.39. The molecule has 0 aliphatic carbocycles. The standard InChI is InChI=1S/C23H18N2O3S/c26-23(17-4-3-6-19-22(17)28-13-12-27-19)24-16-10-8-15(9-11-16)14-21-25-18-5-1-2-7-20(18)29-21/h1-11H,12-14H2,(H,24,26). The van der Waals surface area contributed by atoms with Crippen molar-refractivity contribution in [3.05, 3.63) is 82.9 Å². The molecule has 29 heavy (non-hydrogen) atoms. The van der Waals surface area contributed by atoms with Gasteiger partial charge in [0, 0.05) is 12.1 Å². The number of nitrogens with zero attached hydrogens (tertiary/aromatic N) is 1. The number of hydrogen-bond donors (Lipinski definition) is 1. The number of benzene rings is 3. The molecular formula is C23H18N2O3S. The van der Waals surface area contributed by atoms with Crippen LogP contribution in [0, 0.1) is 0 Å². The molecule has 0 radical (unpaired) electrons. The lowest BCUT2D eigenvalue weighted by Crippen LogP contribution is -2.20. The van der Waals surface area contributed by atoms with E-state index in [0.29, 0.717) is 30.3 Å². The summed E-state index contributed by atoms with van der Waals surface area (Å²) in [6.07, 6.45) is 0.769. The first-order chi connectivity index (χ1) is 14.3. The van der Waals surface area contributed by atoms with Gasteiger partial charge in [-0.25, -0.2) is 4.98 Å². The van der Waals surface area contributed by atoms with E-state index in [1.165, 1.54) is 4.70 Å². The minimum Gasteiger partial charge on any atom is -0.486 e. The molecule has 0 fully saturated rings. The predicted molar refractivity (Wildman–Crippen MR) is 114 cm³/mol. The minimum atomic E-state index is -0.216. The second-order valence-corrected chi connectivity index (χ2v) is 7.85. The molecule has 0 atom stereocenters. The molecule has 3 aromatic carbocycles. The number of hydrogen-bond acceptors (Lipinski definition) is 5. The van der Waals surface area contributed by atoms with Crippen LogP contribution in [0.15, 0.2) is 66.7 Å². The second-order valence-electron chi connectivity index (χ2n) is 6.73. The molecule has 1 N–H and O–H groups in total. The Labute approximate surface area is 171 Å². The zero-order valence-electron chi connectivity index (χ0n) is 15.6. The lowest BCUT2D eigenvalue weighted by Gasteiger charge is -2.20. The summed E-state index contributed by atoms with van der Waals surface area (Å²) in [6, 6.07) is 21.4. The molecule has 5 rings (SSSR count). The van der Waals surface area contributed by atoms with Gasteiger partial charge in [-0.1, -0.05) is 30.3 Å². The highest BCUT2D eigenvalue weighted by molar-refractivity contribution is 7.18. The lowest BCUT2D eigenvalue weighted by molar-refractivity contribution is 0.101. The lowest BCUT2D eigenvalue weighted by atomic mass is 10.1. The largest absolute Gasteiger partial charge is 0.486 e. The van der Waals surface area contributed by atoms with E-state index in [1.807, 2.05) is 48.5 Å². The van der Waals surface area contributed by atoms with Gasteiger partial charge < -0.3 is 14.8 Å². The first kappa shape index (κ1) is 17.7. The smallest absolute Gasteiger partial charge is 0.259 e. The number of rotatable bonds is 4. The fraction of sp³-hybridized carbons (Fsp3) is 0.130. The van der Waals surface area contributed by atoms with Crippen LogP contribution in [0.5, 0.6) is 11.5 Å². The molecule has 0 spiro atoms. The number of amides is 1. The van der Waals surface area contributed by atoms with E-state index < -0.39 is 0 Å². The van der Waals surface area contributed by atoms with Gasteiger partial charge in [0.2, 0.25) is 0 Å². The van der Waals surface area contributed by atoms with Crippen molar-refractivity contribution in [1.29, 1.82) is 0 Å². The fourth-order valence-electron chi connectivity index (χ4n) is 3.33. The number of anilines is 1. The van der Waals surface area contributed by atoms with Crippen LogP contribution < -0.4 is 14.8 Å². The maximum atomic E-state index is 12.7. The molecule has 2 heterocycles. The molecule has 1 aromatic heterocycles. The summed E-state index contributed by atoms with van der Waals surface area (Å²) in [7, 11) is 0. The van der Waals surface area contributed by atoms with Gasteiger partial charge in [-0.2, -0.15) is 0 Å². The van der Waals surface area contributed by atoms with Gasteiger partial charge in [0.25, 0.3) is 5.91 Å². The van der Waals surface area contributed by atoms with E-state index >= 15 is 0 Å². The van der Waals surface area contributed by atoms with E-state index in [2.05, 4.69) is 16.4 Å². The highest BCUT2D eigenvalue weighted by atomic mass is 32.1. The van der Waals surface area contributed by atoms with Crippen molar-refractivity contribution in [2.75, 3.05) is 18.5 Å². The topological polar surface area (TPSA) is 60.5 Å². The van der Waals surface area contributed by atoms with E-state index in [1.54, 1.807) is 23.5 Å². The van der Waals surface area contributed by atoms with Crippen LogP contribution in [0.2, 0.25) is 0 Å². The van der Waals surface area contributed by atoms with Crippen LogP contribution in [-0.4, -0.2) is 24.1 Å². The Hall–Kier alpha value is -3.38. The summed E-state index contributed by atoms with van der Waals surface area (Å²) in [5.74, 6) is 0.894. The average Bonchev–Trinajstić information content (AvgIpc) is 3.17. The number of fused-ring (bicyclic) bond motifs is 2. The molecule has 0 saturated heterocycles. The quantitative estimate of drug-likeness (QED) is 0.527. The van der Waals surface area contributed by atoms with E-state index in [9.17, 15) is 4.79 Å². The number of aromatic nitrogens is 1. The summed E-state index contributed by atoms with van der Waals surface area (Å²) >= 11 is 1.71. The van der Waals surface area contributed by atoms with Gasteiger partial charge in [-0.05, 0) is 42.0 Å². The van der Waals surface area contributed by atoms with Crippen LogP contribution in [0.1, 0.15) is 20.9 Å². The number of carbonyl (C=O) groups excluding carboxylic acids is 1. The average molecular weight is 402 g/mol. The third-order valence-electron chi connectivity index (χ3n) is 4.72. The fourth-order valence-corrected chi connectivity index (χ4v) is 4.33. The van der Waals surface area contributed by atoms with Crippen molar-refractivity contribution >= 4 is 33.1 Å². The minimum absolute atomic E-state index is 0.216. The van der Waals surface area contributed by atoms with E-state index in [4.69, 9.17) is 9.47 Å². The summed E-state index contributed by atoms with van der Waals surface area (Å²) in [4.78, 5) is 17.4. The zero-order chi connectivity index (χ0) is 19.6. The Kier molecular flexibility index (Phi) is 4.62. The predicted octanol–water partition coefficient (Wildman–Crippen LogP) is 4.91. The Morgan fingerprint density at radius 1 is 0.966 bits per heavy atom. The second kappa shape index (κ2) is 7.56. The third-order valence-corrected chi connectivity index (χ3v) is 5.75. The van der Waals surface area contributed by atoms with Crippen molar-refractivity contribution in [1.82, 2.24) is 4.98 Å². The first-order valence-electron chi connectivity index (χ1n) is 9.40. The number of ether oxygens (including phenoxy) is 2. The van der Waals surface area contributed by atoms with Gasteiger partial charge in [0.15, 0.2) is 11.5 Å². The van der Waals surface area contributed by atoms with E-state index in [-0.39, 0.29) is 5.91 Å². The highest BCUT2D eigenvalue weighted by Crippen LogP contribution is 2.34. The van der Waals surface area contributed by atoms with E-state index in [0.717, 1.165) is 28.2 Å². The molecule has 6 heteroatoms. The van der Waals surface area contributed by atoms with Crippen molar-refractivity contribution < 1.29 is 14.3 Å². The summed E-state index contributed by atoms with van der Waals surface area (Å²) in [6.45, 7) is 0.936.